The summed E-state index contributed by atoms with van der Waals surface area (Å²) in [5.41, 5.74) is 2.12. The predicted octanol–water partition coefficient (Wildman–Crippen LogP) is 1.75. The first-order chi connectivity index (χ1) is 12.6. The molecule has 0 saturated heterocycles. The SMILES string of the molecule is CSc1n[n+]2c(c(=O)[nH]1)-c1ccccc1N(C(C)=O)[C@H]2c1ccccn1. The first kappa shape index (κ1) is 16.5. The van der Waals surface area contributed by atoms with Crippen molar-refractivity contribution in [1.29, 1.82) is 0 Å². The third-order valence-electron chi connectivity index (χ3n) is 4.24. The molecule has 1 aliphatic rings. The number of rotatable bonds is 2. The number of nitrogens with one attached hydrogen (secondary N) is 1. The summed E-state index contributed by atoms with van der Waals surface area (Å²) in [6.07, 6.45) is 2.86. The molecule has 8 heteroatoms. The fraction of sp³-hybridized carbons (Fsp3) is 0.167. The Balaban J connectivity index is 2.10. The van der Waals surface area contributed by atoms with Gasteiger partial charge in [-0.2, -0.15) is 0 Å². The van der Waals surface area contributed by atoms with Crippen molar-refractivity contribution in [3.63, 3.8) is 0 Å². The minimum atomic E-state index is -0.633. The van der Waals surface area contributed by atoms with Crippen LogP contribution in [0.1, 0.15) is 18.8 Å². The molecule has 3 aromatic rings. The molecule has 0 saturated carbocycles. The molecule has 4 rings (SSSR count). The number of aromatic nitrogens is 4. The summed E-state index contributed by atoms with van der Waals surface area (Å²) >= 11 is 1.33. The maximum atomic E-state index is 12.8. The Morgan fingerprint density at radius 2 is 2.00 bits per heavy atom. The smallest absolute Gasteiger partial charge is 0.291 e. The molecule has 3 heterocycles. The molecule has 1 aromatic carbocycles. The van der Waals surface area contributed by atoms with Crippen molar-refractivity contribution in [2.24, 2.45) is 0 Å². The van der Waals surface area contributed by atoms with Crippen molar-refractivity contribution in [1.82, 2.24) is 15.1 Å². The van der Waals surface area contributed by atoms with E-state index in [1.54, 1.807) is 15.8 Å². The lowest BCUT2D eigenvalue weighted by Crippen LogP contribution is -2.60. The minimum absolute atomic E-state index is 0.154. The molecule has 7 nitrogen and oxygen atoms in total. The summed E-state index contributed by atoms with van der Waals surface area (Å²) in [4.78, 5) is 34.2. The molecular formula is C18H16N5O2S+. The van der Waals surface area contributed by atoms with E-state index in [0.717, 1.165) is 0 Å². The van der Waals surface area contributed by atoms with Crippen molar-refractivity contribution < 1.29 is 9.48 Å². The maximum Gasteiger partial charge on any atom is 0.325 e. The number of carbonyl (C=O) groups is 1. The van der Waals surface area contributed by atoms with Gasteiger partial charge in [0.25, 0.3) is 0 Å². The third kappa shape index (κ3) is 2.50. The van der Waals surface area contributed by atoms with Crippen LogP contribution in [0, 0.1) is 0 Å². The molecule has 0 fully saturated rings. The quantitative estimate of drug-likeness (QED) is 0.552. The number of hydrogen-bond donors (Lipinski definition) is 1. The Morgan fingerprint density at radius 1 is 1.23 bits per heavy atom. The first-order valence-electron chi connectivity index (χ1n) is 8.02. The van der Waals surface area contributed by atoms with Crippen molar-refractivity contribution in [3.8, 4) is 11.3 Å². The highest BCUT2D eigenvalue weighted by molar-refractivity contribution is 7.98. The largest absolute Gasteiger partial charge is 0.325 e. The fourth-order valence-electron chi connectivity index (χ4n) is 3.20. The third-order valence-corrected chi connectivity index (χ3v) is 4.81. The Kier molecular flexibility index (Phi) is 4.04. The Labute approximate surface area is 153 Å². The lowest BCUT2D eigenvalue weighted by molar-refractivity contribution is -0.763. The maximum absolute atomic E-state index is 12.8. The standard InChI is InChI=1S/C18H15N5O2S/c1-11(24)22-14-9-4-3-7-12(14)15-16(25)20-18(26-2)21-23(15)17(22)13-8-5-6-10-19-13/h3-10,17H,1-2H3/p+1/t17-/m1/s1. The van der Waals surface area contributed by atoms with E-state index in [2.05, 4.69) is 15.1 Å². The van der Waals surface area contributed by atoms with Crippen LogP contribution in [0.2, 0.25) is 0 Å². The zero-order chi connectivity index (χ0) is 18.3. The van der Waals surface area contributed by atoms with Gasteiger partial charge in [0, 0.05) is 18.2 Å². The molecule has 0 unspecified atom stereocenters. The first-order valence-corrected chi connectivity index (χ1v) is 9.24. The fourth-order valence-corrected chi connectivity index (χ4v) is 3.57. The molecule has 1 atom stereocenters. The number of amides is 1. The van der Waals surface area contributed by atoms with Crippen LogP contribution in [0.5, 0.6) is 0 Å². The molecule has 2 aromatic heterocycles. The number of anilines is 1. The number of benzene rings is 1. The van der Waals surface area contributed by atoms with E-state index in [9.17, 15) is 9.59 Å². The molecule has 130 valence electrons. The summed E-state index contributed by atoms with van der Waals surface area (Å²) in [5.74, 6) is -0.154. The summed E-state index contributed by atoms with van der Waals surface area (Å²) in [6, 6.07) is 12.8. The van der Waals surface area contributed by atoms with E-state index < -0.39 is 6.17 Å². The predicted molar refractivity (Wildman–Crippen MR) is 97.8 cm³/mol. The van der Waals surface area contributed by atoms with Crippen LogP contribution in [0.3, 0.4) is 0 Å². The zero-order valence-electron chi connectivity index (χ0n) is 14.2. The molecule has 1 amide bonds. The lowest BCUT2D eigenvalue weighted by atomic mass is 10.0. The number of aromatic amines is 1. The number of para-hydroxylation sites is 1. The monoisotopic (exact) mass is 366 g/mol. The second-order valence-electron chi connectivity index (χ2n) is 5.79. The van der Waals surface area contributed by atoms with Crippen molar-refractivity contribution >= 4 is 23.4 Å². The van der Waals surface area contributed by atoms with Gasteiger partial charge in [0.1, 0.15) is 5.69 Å². The van der Waals surface area contributed by atoms with Gasteiger partial charge >= 0.3 is 17.4 Å². The summed E-state index contributed by atoms with van der Waals surface area (Å²) in [6.45, 7) is 1.50. The van der Waals surface area contributed by atoms with Gasteiger partial charge in [-0.15, -0.1) is 0 Å². The van der Waals surface area contributed by atoms with Gasteiger partial charge in [-0.3, -0.25) is 19.6 Å². The van der Waals surface area contributed by atoms with Crippen LogP contribution in [0.25, 0.3) is 11.3 Å². The Hall–Kier alpha value is -3.00. The second-order valence-corrected chi connectivity index (χ2v) is 6.59. The van der Waals surface area contributed by atoms with E-state index in [1.807, 2.05) is 48.7 Å². The number of fused-ring (bicyclic) bond motifs is 3. The number of thioether (sulfide) groups is 1. The summed E-state index contributed by atoms with van der Waals surface area (Å²) < 4.78 is 1.59. The van der Waals surface area contributed by atoms with Crippen LogP contribution in [-0.2, 0) is 4.79 Å². The van der Waals surface area contributed by atoms with Crippen LogP contribution >= 0.6 is 11.8 Å². The number of nitrogens with zero attached hydrogens (tertiary/aromatic N) is 4. The number of hydrogen-bond acceptors (Lipinski definition) is 5. The lowest BCUT2D eigenvalue weighted by Gasteiger charge is -2.30. The second kappa shape index (κ2) is 6.38. The molecule has 1 aliphatic heterocycles. The van der Waals surface area contributed by atoms with E-state index in [-0.39, 0.29) is 11.5 Å². The van der Waals surface area contributed by atoms with Gasteiger partial charge in [-0.25, -0.2) is 4.90 Å². The molecule has 1 N–H and O–H groups in total. The van der Waals surface area contributed by atoms with Crippen LogP contribution in [0.15, 0.2) is 58.6 Å². The zero-order valence-corrected chi connectivity index (χ0v) is 15.0. The van der Waals surface area contributed by atoms with E-state index in [4.69, 9.17) is 0 Å². The molecule has 0 spiro atoms. The van der Waals surface area contributed by atoms with Crippen molar-refractivity contribution in [2.75, 3.05) is 11.2 Å². The van der Waals surface area contributed by atoms with Gasteiger partial charge in [0.2, 0.25) is 11.1 Å². The van der Waals surface area contributed by atoms with Gasteiger partial charge in [-0.05, 0) is 35.2 Å². The van der Waals surface area contributed by atoms with E-state index in [1.165, 1.54) is 18.7 Å². The van der Waals surface area contributed by atoms with Crippen molar-refractivity contribution in [3.05, 3.63) is 64.7 Å². The highest BCUT2D eigenvalue weighted by Crippen LogP contribution is 2.36. The van der Waals surface area contributed by atoms with Crippen LogP contribution in [0.4, 0.5) is 5.69 Å². The molecule has 0 bridgehead atoms. The normalized spacial score (nSPS) is 15.3. The van der Waals surface area contributed by atoms with E-state index in [0.29, 0.717) is 27.8 Å². The average Bonchev–Trinajstić information content (AvgIpc) is 2.66. The van der Waals surface area contributed by atoms with Gasteiger partial charge in [0.15, 0.2) is 0 Å². The molecular weight excluding hydrogens is 350 g/mol. The number of H-pyrrole nitrogens is 1. The highest BCUT2D eigenvalue weighted by atomic mass is 32.2. The Morgan fingerprint density at radius 3 is 2.69 bits per heavy atom. The summed E-state index contributed by atoms with van der Waals surface area (Å²) in [5, 5.41) is 5.05. The molecule has 0 radical (unpaired) electrons. The molecule has 0 aliphatic carbocycles. The van der Waals surface area contributed by atoms with Gasteiger partial charge in [0.05, 0.1) is 11.3 Å². The minimum Gasteiger partial charge on any atom is -0.291 e. The van der Waals surface area contributed by atoms with Crippen LogP contribution in [-0.4, -0.2) is 27.2 Å². The van der Waals surface area contributed by atoms with E-state index >= 15 is 0 Å². The van der Waals surface area contributed by atoms with Gasteiger partial charge in [-0.1, -0.05) is 30.0 Å². The average molecular weight is 366 g/mol. The van der Waals surface area contributed by atoms with Gasteiger partial charge < -0.3 is 0 Å². The number of carbonyl (C=O) groups excluding carboxylic acids is 1. The van der Waals surface area contributed by atoms with Crippen LogP contribution < -0.4 is 15.1 Å². The van der Waals surface area contributed by atoms with Crippen molar-refractivity contribution in [2.45, 2.75) is 18.2 Å². The molecule has 26 heavy (non-hydrogen) atoms. The topological polar surface area (TPSA) is 82.8 Å². The summed E-state index contributed by atoms with van der Waals surface area (Å²) in [7, 11) is 0. The Bertz CT molecular complexity index is 1050. The highest BCUT2D eigenvalue weighted by Gasteiger charge is 2.45. The number of pyridine rings is 1.